The lowest BCUT2D eigenvalue weighted by Crippen LogP contribution is -2.12. The average molecular weight is 302 g/mol. The lowest BCUT2D eigenvalue weighted by molar-refractivity contribution is 0.170. The van der Waals surface area contributed by atoms with E-state index in [2.05, 4.69) is 32.4 Å². The smallest absolute Gasteiger partial charge is 0.435 e. The summed E-state index contributed by atoms with van der Waals surface area (Å²) in [6.07, 6.45) is -0.468. The molecule has 1 aromatic carbocycles. The van der Waals surface area contributed by atoms with Crippen molar-refractivity contribution in [1.82, 2.24) is 9.78 Å². The van der Waals surface area contributed by atoms with Gasteiger partial charge in [0.1, 0.15) is 3.70 Å². The van der Waals surface area contributed by atoms with Crippen molar-refractivity contribution in [1.29, 1.82) is 0 Å². The maximum atomic E-state index is 11.3. The fourth-order valence-electron chi connectivity index (χ4n) is 1.25. The summed E-state index contributed by atoms with van der Waals surface area (Å²) in [4.78, 5) is 11.3. The number of aromatic nitrogens is 2. The van der Waals surface area contributed by atoms with E-state index in [9.17, 15) is 4.79 Å². The molecule has 0 saturated heterocycles. The number of halogens is 1. The van der Waals surface area contributed by atoms with Crippen LogP contribution in [-0.2, 0) is 4.74 Å². The van der Waals surface area contributed by atoms with Gasteiger partial charge in [0.25, 0.3) is 0 Å². The Morgan fingerprint density at radius 2 is 2.21 bits per heavy atom. The van der Waals surface area contributed by atoms with Crippen molar-refractivity contribution in [3.8, 4) is 0 Å². The summed E-state index contributed by atoms with van der Waals surface area (Å²) in [5.41, 5.74) is 0.767. The third-order valence-corrected chi connectivity index (χ3v) is 2.69. The van der Waals surface area contributed by atoms with Gasteiger partial charge < -0.3 is 4.74 Å². The Morgan fingerprint density at radius 3 is 2.93 bits per heavy atom. The quantitative estimate of drug-likeness (QED) is 0.701. The lowest BCUT2D eigenvalue weighted by atomic mass is 10.3. The first-order valence-electron chi connectivity index (χ1n) is 3.95. The topological polar surface area (TPSA) is 44.1 Å². The van der Waals surface area contributed by atoms with E-state index in [1.54, 1.807) is 0 Å². The first-order valence-corrected chi connectivity index (χ1v) is 5.03. The molecular weight excluding hydrogens is 295 g/mol. The second-order valence-electron chi connectivity index (χ2n) is 2.69. The zero-order chi connectivity index (χ0) is 10.1. The minimum atomic E-state index is -0.468. The molecule has 0 aliphatic rings. The van der Waals surface area contributed by atoms with Crippen LogP contribution in [0, 0.1) is 3.70 Å². The van der Waals surface area contributed by atoms with Crippen molar-refractivity contribution in [2.45, 2.75) is 0 Å². The van der Waals surface area contributed by atoms with Crippen LogP contribution >= 0.6 is 22.6 Å². The number of ether oxygens (including phenoxy) is 1. The molecule has 1 heterocycles. The number of fused-ring (bicyclic) bond motifs is 1. The lowest BCUT2D eigenvalue weighted by Gasteiger charge is -1.98. The molecule has 0 radical (unpaired) electrons. The van der Waals surface area contributed by atoms with Gasteiger partial charge in [-0.25, -0.2) is 4.79 Å². The van der Waals surface area contributed by atoms with Gasteiger partial charge in [0.05, 0.1) is 12.6 Å². The number of para-hydroxylation sites is 1. The highest BCUT2D eigenvalue weighted by atomic mass is 127. The average Bonchev–Trinajstić information content (AvgIpc) is 2.56. The van der Waals surface area contributed by atoms with Gasteiger partial charge in [-0.1, -0.05) is 18.2 Å². The van der Waals surface area contributed by atoms with Crippen molar-refractivity contribution >= 4 is 39.6 Å². The molecule has 4 nitrogen and oxygen atoms in total. The van der Waals surface area contributed by atoms with Crippen LogP contribution in [0.25, 0.3) is 10.9 Å². The van der Waals surface area contributed by atoms with E-state index < -0.39 is 6.09 Å². The molecule has 0 N–H and O–H groups in total. The first-order chi connectivity index (χ1) is 6.74. The number of rotatable bonds is 0. The minimum Gasteiger partial charge on any atom is -0.451 e. The van der Waals surface area contributed by atoms with Crippen molar-refractivity contribution in [2.24, 2.45) is 0 Å². The summed E-state index contributed by atoms with van der Waals surface area (Å²) >= 11 is 2.09. The van der Waals surface area contributed by atoms with Gasteiger partial charge in [0, 0.05) is 5.39 Å². The zero-order valence-electron chi connectivity index (χ0n) is 7.40. The zero-order valence-corrected chi connectivity index (χ0v) is 9.56. The summed E-state index contributed by atoms with van der Waals surface area (Å²) in [5.74, 6) is 0. The molecule has 14 heavy (non-hydrogen) atoms. The van der Waals surface area contributed by atoms with Gasteiger partial charge in [0.2, 0.25) is 0 Å². The maximum absolute atomic E-state index is 11.3. The molecule has 0 unspecified atom stereocenters. The summed E-state index contributed by atoms with van der Waals surface area (Å²) in [6, 6.07) is 7.53. The van der Waals surface area contributed by atoms with Crippen molar-refractivity contribution in [2.75, 3.05) is 7.11 Å². The van der Waals surface area contributed by atoms with Crippen molar-refractivity contribution < 1.29 is 9.53 Å². The standard InChI is InChI=1S/C9H7IN2O2/c1-14-9(13)12-7-5-3-2-4-6(7)8(10)11-12/h2-5H,1H3. The molecule has 0 fully saturated rings. The van der Waals surface area contributed by atoms with Crippen LogP contribution in [0.2, 0.25) is 0 Å². The van der Waals surface area contributed by atoms with E-state index in [0.717, 1.165) is 14.6 Å². The monoisotopic (exact) mass is 302 g/mol. The fourth-order valence-corrected chi connectivity index (χ4v) is 1.93. The number of hydrogen-bond acceptors (Lipinski definition) is 3. The molecule has 2 aromatic rings. The van der Waals surface area contributed by atoms with Gasteiger partial charge in [-0.15, -0.1) is 0 Å². The van der Waals surface area contributed by atoms with Crippen LogP contribution in [0.3, 0.4) is 0 Å². The van der Waals surface area contributed by atoms with Crippen LogP contribution in [0.5, 0.6) is 0 Å². The Balaban J connectivity index is 2.72. The Morgan fingerprint density at radius 1 is 1.50 bits per heavy atom. The van der Waals surface area contributed by atoms with E-state index in [4.69, 9.17) is 0 Å². The van der Waals surface area contributed by atoms with Crippen molar-refractivity contribution in [3.05, 3.63) is 28.0 Å². The molecule has 0 aliphatic carbocycles. The van der Waals surface area contributed by atoms with Crippen LogP contribution in [0.1, 0.15) is 0 Å². The number of carbonyl (C=O) groups excluding carboxylic acids is 1. The molecule has 0 aliphatic heterocycles. The van der Waals surface area contributed by atoms with Gasteiger partial charge in [-0.2, -0.15) is 9.78 Å². The van der Waals surface area contributed by atoms with E-state index in [1.165, 1.54) is 11.8 Å². The van der Waals surface area contributed by atoms with Crippen LogP contribution in [0.15, 0.2) is 24.3 Å². The van der Waals surface area contributed by atoms with Gasteiger partial charge >= 0.3 is 6.09 Å². The highest BCUT2D eigenvalue weighted by Crippen LogP contribution is 2.19. The Bertz CT molecular complexity index is 493. The Labute approximate surface area is 94.0 Å². The normalized spacial score (nSPS) is 10.4. The van der Waals surface area contributed by atoms with Crippen LogP contribution in [-0.4, -0.2) is 23.0 Å². The number of nitrogens with zero attached hydrogens (tertiary/aromatic N) is 2. The predicted octanol–water partition coefficient (Wildman–Crippen LogP) is 2.26. The summed E-state index contributed by atoms with van der Waals surface area (Å²) in [5, 5.41) is 5.05. The Kier molecular flexibility index (Phi) is 2.40. The van der Waals surface area contributed by atoms with Crippen LogP contribution < -0.4 is 0 Å². The van der Waals surface area contributed by atoms with Gasteiger partial charge in [0.15, 0.2) is 0 Å². The minimum absolute atomic E-state index is 0.468. The first kappa shape index (κ1) is 9.45. The van der Waals surface area contributed by atoms with Crippen molar-refractivity contribution in [3.63, 3.8) is 0 Å². The molecule has 0 spiro atoms. The third kappa shape index (κ3) is 1.37. The molecule has 72 valence electrons. The number of hydrogen-bond donors (Lipinski definition) is 0. The summed E-state index contributed by atoms with van der Waals surface area (Å²) in [7, 11) is 1.34. The molecule has 2 rings (SSSR count). The SMILES string of the molecule is COC(=O)n1nc(I)c2ccccc21. The predicted molar refractivity (Wildman–Crippen MR) is 60.3 cm³/mol. The number of methoxy groups -OCH3 is 1. The fraction of sp³-hybridized carbons (Fsp3) is 0.111. The maximum Gasteiger partial charge on any atom is 0.435 e. The summed E-state index contributed by atoms with van der Waals surface area (Å²) < 4.78 is 6.67. The molecule has 1 aromatic heterocycles. The Hall–Kier alpha value is -1.11. The number of benzene rings is 1. The van der Waals surface area contributed by atoms with E-state index in [-0.39, 0.29) is 0 Å². The molecular formula is C9H7IN2O2. The molecule has 0 amide bonds. The highest BCUT2D eigenvalue weighted by molar-refractivity contribution is 14.1. The largest absolute Gasteiger partial charge is 0.451 e. The molecule has 0 bridgehead atoms. The summed E-state index contributed by atoms with van der Waals surface area (Å²) in [6.45, 7) is 0. The molecule has 5 heteroatoms. The van der Waals surface area contributed by atoms with E-state index in [0.29, 0.717) is 0 Å². The third-order valence-electron chi connectivity index (χ3n) is 1.89. The van der Waals surface area contributed by atoms with Gasteiger partial charge in [-0.05, 0) is 28.7 Å². The van der Waals surface area contributed by atoms with Gasteiger partial charge in [-0.3, -0.25) is 0 Å². The molecule has 0 saturated carbocycles. The highest BCUT2D eigenvalue weighted by Gasteiger charge is 2.13. The van der Waals surface area contributed by atoms with E-state index in [1.807, 2.05) is 24.3 Å². The molecule has 0 atom stereocenters. The second kappa shape index (κ2) is 3.56. The number of carbonyl (C=O) groups is 1. The second-order valence-corrected chi connectivity index (χ2v) is 3.71. The van der Waals surface area contributed by atoms with Crippen LogP contribution in [0.4, 0.5) is 4.79 Å². The van der Waals surface area contributed by atoms with E-state index >= 15 is 0 Å².